The average molecular weight is 265 g/mol. The molecule has 0 aliphatic rings. The normalized spacial score (nSPS) is 12.3. The van der Waals surface area contributed by atoms with Gasteiger partial charge in [-0.1, -0.05) is 6.07 Å². The van der Waals surface area contributed by atoms with Gasteiger partial charge in [0.2, 0.25) is 0 Å². The molecule has 19 heavy (non-hydrogen) atoms. The van der Waals surface area contributed by atoms with Crippen molar-refractivity contribution in [3.8, 4) is 5.75 Å². The van der Waals surface area contributed by atoms with Gasteiger partial charge in [0.1, 0.15) is 5.75 Å². The van der Waals surface area contributed by atoms with Crippen molar-refractivity contribution >= 4 is 5.78 Å². The molecule has 0 saturated carbocycles. The Bertz CT molecular complexity index is 443. The molecule has 0 spiro atoms. The molecule has 2 N–H and O–H groups in total. The zero-order chi connectivity index (χ0) is 14.4. The number of nitrogens with two attached hydrogens (primary N) is 1. The number of ketones is 1. The van der Waals surface area contributed by atoms with Crippen molar-refractivity contribution in [1.29, 1.82) is 0 Å². The highest BCUT2D eigenvalue weighted by molar-refractivity contribution is 6.03. The number of benzene rings is 1. The number of hydrogen-bond donors (Lipinski definition) is 1. The van der Waals surface area contributed by atoms with Crippen LogP contribution in [0.25, 0.3) is 0 Å². The minimum Gasteiger partial charge on any atom is -0.496 e. The highest BCUT2D eigenvalue weighted by Gasteiger charge is 2.21. The third kappa shape index (κ3) is 4.04. The summed E-state index contributed by atoms with van der Waals surface area (Å²) in [4.78, 5) is 12.4. The molecular formula is C15H23NO3. The Morgan fingerprint density at radius 2 is 2.00 bits per heavy atom. The van der Waals surface area contributed by atoms with E-state index >= 15 is 0 Å². The Hall–Kier alpha value is -1.39. The summed E-state index contributed by atoms with van der Waals surface area (Å²) >= 11 is 0. The molecule has 0 aromatic heterocycles. The number of Topliss-reactive ketones (excluding diaryl/α,β-unsaturated/α-hetero) is 1. The van der Waals surface area contributed by atoms with Crippen LogP contribution in [0.2, 0.25) is 0 Å². The lowest BCUT2D eigenvalue weighted by molar-refractivity contribution is 0.0947. The van der Waals surface area contributed by atoms with Gasteiger partial charge in [0.25, 0.3) is 0 Å². The lowest BCUT2D eigenvalue weighted by Gasteiger charge is -2.16. The summed E-state index contributed by atoms with van der Waals surface area (Å²) in [5.41, 5.74) is 8.53. The summed E-state index contributed by atoms with van der Waals surface area (Å²) in [5.74, 6) is 0.537. The van der Waals surface area contributed by atoms with Crippen molar-refractivity contribution in [2.24, 2.45) is 5.73 Å². The summed E-state index contributed by atoms with van der Waals surface area (Å²) in [7, 11) is 3.21. The molecule has 0 aliphatic carbocycles. The Balaban J connectivity index is 2.92. The number of ether oxygens (including phenoxy) is 2. The lowest BCUT2D eigenvalue weighted by atomic mass is 9.95. The molecule has 1 aromatic carbocycles. The molecule has 4 heteroatoms. The molecule has 4 nitrogen and oxygen atoms in total. The zero-order valence-electron chi connectivity index (χ0n) is 12.2. The van der Waals surface area contributed by atoms with Crippen LogP contribution in [0.4, 0.5) is 0 Å². The fraction of sp³-hybridized carbons (Fsp3) is 0.533. The highest BCUT2D eigenvalue weighted by atomic mass is 16.5. The monoisotopic (exact) mass is 265 g/mol. The number of rotatable bonds is 7. The van der Waals surface area contributed by atoms with E-state index in [-0.39, 0.29) is 5.78 Å². The van der Waals surface area contributed by atoms with E-state index in [9.17, 15) is 4.79 Å². The number of carbonyl (C=O) groups excluding carboxylic acids is 1. The molecule has 0 heterocycles. The number of aryl methyl sites for hydroxylation is 2. The zero-order valence-corrected chi connectivity index (χ0v) is 12.2. The van der Waals surface area contributed by atoms with Crippen LogP contribution in [-0.4, -0.2) is 32.7 Å². The standard InChI is InChI=1S/C15H23NO3/c1-10-8-11(2)14(13(9-10)19-4)15(17)12(16)6-5-7-18-3/h8-9,12H,5-7,16H2,1-4H3. The SMILES string of the molecule is COCCCC(N)C(=O)c1c(C)cc(C)cc1OC. The third-order valence-electron chi connectivity index (χ3n) is 3.11. The van der Waals surface area contributed by atoms with Crippen LogP contribution >= 0.6 is 0 Å². The minimum absolute atomic E-state index is 0.0644. The van der Waals surface area contributed by atoms with Crippen LogP contribution in [0.3, 0.4) is 0 Å². The maximum absolute atomic E-state index is 12.4. The predicted octanol–water partition coefficient (Wildman–Crippen LogP) is 2.25. The van der Waals surface area contributed by atoms with E-state index in [1.807, 2.05) is 26.0 Å². The molecule has 0 fully saturated rings. The molecule has 106 valence electrons. The van der Waals surface area contributed by atoms with Crippen molar-refractivity contribution in [2.45, 2.75) is 32.7 Å². The van der Waals surface area contributed by atoms with Gasteiger partial charge in [-0.05, 0) is 43.9 Å². The van der Waals surface area contributed by atoms with Crippen LogP contribution in [0.5, 0.6) is 5.75 Å². The summed E-state index contributed by atoms with van der Waals surface area (Å²) < 4.78 is 10.3. The van der Waals surface area contributed by atoms with Gasteiger partial charge in [0.05, 0.1) is 18.7 Å². The molecule has 0 aliphatic heterocycles. The van der Waals surface area contributed by atoms with E-state index in [4.69, 9.17) is 15.2 Å². The summed E-state index contributed by atoms with van der Waals surface area (Å²) in [6.07, 6.45) is 1.39. The molecule has 1 atom stereocenters. The molecule has 1 unspecified atom stereocenters. The van der Waals surface area contributed by atoms with Gasteiger partial charge < -0.3 is 15.2 Å². The largest absolute Gasteiger partial charge is 0.496 e. The fourth-order valence-corrected chi connectivity index (χ4v) is 2.17. The van der Waals surface area contributed by atoms with Gasteiger partial charge in [0, 0.05) is 13.7 Å². The van der Waals surface area contributed by atoms with Crippen molar-refractivity contribution < 1.29 is 14.3 Å². The quantitative estimate of drug-likeness (QED) is 0.606. The average Bonchev–Trinajstić information content (AvgIpc) is 2.37. The first-order valence-corrected chi connectivity index (χ1v) is 6.45. The van der Waals surface area contributed by atoms with E-state index in [1.165, 1.54) is 0 Å². The molecule has 0 saturated heterocycles. The molecule has 0 bridgehead atoms. The molecule has 0 radical (unpaired) electrons. The van der Waals surface area contributed by atoms with Crippen LogP contribution in [0, 0.1) is 13.8 Å². The van der Waals surface area contributed by atoms with Gasteiger partial charge >= 0.3 is 0 Å². The number of methoxy groups -OCH3 is 2. The van der Waals surface area contributed by atoms with E-state index in [1.54, 1.807) is 14.2 Å². The Labute approximate surface area is 114 Å². The van der Waals surface area contributed by atoms with Gasteiger partial charge in [0.15, 0.2) is 5.78 Å². The lowest BCUT2D eigenvalue weighted by Crippen LogP contribution is -2.31. The van der Waals surface area contributed by atoms with Crippen molar-refractivity contribution in [3.63, 3.8) is 0 Å². The van der Waals surface area contributed by atoms with Gasteiger partial charge in [-0.25, -0.2) is 0 Å². The van der Waals surface area contributed by atoms with Crippen LogP contribution in [0.15, 0.2) is 12.1 Å². The van der Waals surface area contributed by atoms with E-state index in [0.29, 0.717) is 24.3 Å². The highest BCUT2D eigenvalue weighted by Crippen LogP contribution is 2.25. The van der Waals surface area contributed by atoms with Crippen LogP contribution in [-0.2, 0) is 4.74 Å². The minimum atomic E-state index is -0.509. The van der Waals surface area contributed by atoms with Crippen molar-refractivity contribution in [3.05, 3.63) is 28.8 Å². The predicted molar refractivity (Wildman–Crippen MR) is 75.9 cm³/mol. The maximum Gasteiger partial charge on any atom is 0.183 e. The Morgan fingerprint density at radius 3 is 2.58 bits per heavy atom. The third-order valence-corrected chi connectivity index (χ3v) is 3.11. The summed E-state index contributed by atoms with van der Waals surface area (Å²) in [6, 6.07) is 3.32. The second-order valence-corrected chi connectivity index (χ2v) is 4.76. The van der Waals surface area contributed by atoms with E-state index < -0.39 is 6.04 Å². The topological polar surface area (TPSA) is 61.5 Å². The first-order valence-electron chi connectivity index (χ1n) is 6.45. The van der Waals surface area contributed by atoms with Gasteiger partial charge in [-0.3, -0.25) is 4.79 Å². The maximum atomic E-state index is 12.4. The van der Waals surface area contributed by atoms with E-state index in [0.717, 1.165) is 17.5 Å². The molecular weight excluding hydrogens is 242 g/mol. The van der Waals surface area contributed by atoms with Gasteiger partial charge in [-0.2, -0.15) is 0 Å². The van der Waals surface area contributed by atoms with Gasteiger partial charge in [-0.15, -0.1) is 0 Å². The Kier molecular flexibility index (Phi) is 5.99. The number of hydrogen-bond acceptors (Lipinski definition) is 4. The second-order valence-electron chi connectivity index (χ2n) is 4.76. The van der Waals surface area contributed by atoms with Crippen LogP contribution < -0.4 is 10.5 Å². The van der Waals surface area contributed by atoms with Crippen LogP contribution in [0.1, 0.15) is 34.3 Å². The summed E-state index contributed by atoms with van der Waals surface area (Å²) in [5, 5.41) is 0. The van der Waals surface area contributed by atoms with Crippen molar-refractivity contribution in [1.82, 2.24) is 0 Å². The smallest absolute Gasteiger partial charge is 0.183 e. The van der Waals surface area contributed by atoms with Crippen molar-refractivity contribution in [2.75, 3.05) is 20.8 Å². The molecule has 0 amide bonds. The molecule has 1 rings (SSSR count). The summed E-state index contributed by atoms with van der Waals surface area (Å²) in [6.45, 7) is 4.50. The second kappa shape index (κ2) is 7.26. The first-order chi connectivity index (χ1) is 9.01. The number of carbonyl (C=O) groups is 1. The first kappa shape index (κ1) is 15.7. The van der Waals surface area contributed by atoms with E-state index in [2.05, 4.69) is 0 Å². The fourth-order valence-electron chi connectivity index (χ4n) is 2.17. The molecule has 1 aromatic rings. The Morgan fingerprint density at radius 1 is 1.32 bits per heavy atom.